The molecule has 2 heterocycles. The van der Waals surface area contributed by atoms with Crippen molar-refractivity contribution < 1.29 is 102 Å². The molecule has 0 saturated carbocycles. The van der Waals surface area contributed by atoms with E-state index in [1.54, 1.807) is 48.5 Å². The summed E-state index contributed by atoms with van der Waals surface area (Å²) in [5.41, 5.74) is 3.91. The molecular formula is C82H58N6O22P6. The van der Waals surface area contributed by atoms with Crippen LogP contribution in [0.1, 0.15) is 104 Å². The minimum absolute atomic E-state index is 0.0465. The van der Waals surface area contributed by atoms with Crippen LogP contribution in [0.3, 0.4) is 0 Å². The summed E-state index contributed by atoms with van der Waals surface area (Å²) in [4.78, 5) is 121. The summed E-state index contributed by atoms with van der Waals surface area (Å²) in [6.07, 6.45) is 6.34. The number of aldehydes is 10. The van der Waals surface area contributed by atoms with Gasteiger partial charge in [0.05, 0.1) is 0 Å². The molecule has 28 nitrogen and oxygen atoms in total. The average molecular weight is 1670 g/mol. The standard InChI is InChI=1S/C82H58N6O22P6/c89-49-59-1-25-71(26-2-59)99-111(100-72-27-3-60(50-90)4-28-72)83-112(101-73-29-5-61(51-91)6-30-73,102-74-31-7-62(52-92)8-32-74)86-115(85-111,107-79-41-17-67(57-97)18-42-79)109-81-45-21-69(22-46-81)70-23-47-82(48-24-70)110-116(108-80-43-19-68(58-98)20-44-80)87-113(103-75-33-9-63(53-93)10-34-75,104-76-35-11-64(54-94)12-36-76)84-114(88-116,105-77-37-13-65(55-95)14-38-77)106-78-39-15-66(56-96)16-40-78/h1-58H. The number of rotatable bonds is 35. The van der Waals surface area contributed by atoms with E-state index >= 15 is 0 Å². The molecule has 2 atom stereocenters. The first-order chi connectivity index (χ1) is 56.5. The molecule has 12 aromatic carbocycles. The van der Waals surface area contributed by atoms with Crippen molar-refractivity contribution in [2.24, 2.45) is 27.1 Å². The van der Waals surface area contributed by atoms with Crippen molar-refractivity contribution >= 4 is 109 Å². The first-order valence-electron chi connectivity index (χ1n) is 34.4. The van der Waals surface area contributed by atoms with Gasteiger partial charge in [-0.15, -0.1) is 0 Å². The Balaban J connectivity index is 0.929. The molecule has 2 unspecified atom stereocenters. The van der Waals surface area contributed by atoms with Crippen LogP contribution in [-0.4, -0.2) is 62.9 Å². The van der Waals surface area contributed by atoms with Crippen LogP contribution in [0, 0.1) is 0 Å². The summed E-state index contributed by atoms with van der Waals surface area (Å²) < 4.78 is 115. The number of nitrogens with zero attached hydrogens (tertiary/aromatic N) is 6. The lowest BCUT2D eigenvalue weighted by Gasteiger charge is -2.33. The molecular weight excluding hydrogens is 1610 g/mol. The van der Waals surface area contributed by atoms with Crippen LogP contribution in [0.25, 0.3) is 11.1 Å². The van der Waals surface area contributed by atoms with Gasteiger partial charge in [0.2, 0.25) is 0 Å². The zero-order valence-electron chi connectivity index (χ0n) is 59.8. The maximum absolute atomic E-state index is 12.2. The molecule has 0 aliphatic carbocycles. The fourth-order valence-electron chi connectivity index (χ4n) is 10.7. The maximum Gasteiger partial charge on any atom is 0.460 e. The van der Waals surface area contributed by atoms with Crippen LogP contribution in [0.15, 0.2) is 318 Å². The minimum Gasteiger partial charge on any atom is -0.413 e. The summed E-state index contributed by atoms with van der Waals surface area (Å²) >= 11 is 0. The zero-order valence-corrected chi connectivity index (χ0v) is 65.2. The van der Waals surface area contributed by atoms with Gasteiger partial charge in [-0.1, -0.05) is 51.4 Å². The summed E-state index contributed by atoms with van der Waals surface area (Å²) in [5.74, 6) is 0.638. The predicted octanol–water partition coefficient (Wildman–Crippen LogP) is 22.7. The Labute approximate surface area is 661 Å². The van der Waals surface area contributed by atoms with Crippen LogP contribution in [0.2, 0.25) is 0 Å². The third-order valence-corrected chi connectivity index (χ3v) is 32.5. The third kappa shape index (κ3) is 19.3. The van der Waals surface area contributed by atoms with Gasteiger partial charge in [0.25, 0.3) is 0 Å². The lowest BCUT2D eigenvalue weighted by Crippen LogP contribution is -2.11. The number of benzene rings is 12. The van der Waals surface area contributed by atoms with Crippen LogP contribution >= 0.6 is 46.0 Å². The van der Waals surface area contributed by atoms with Gasteiger partial charge in [0, 0.05) is 55.6 Å². The van der Waals surface area contributed by atoms with Gasteiger partial charge < -0.3 is 54.3 Å². The molecule has 0 saturated heterocycles. The highest BCUT2D eigenvalue weighted by Crippen LogP contribution is 2.80. The molecule has 0 N–H and O–H groups in total. The monoisotopic (exact) mass is 1660 g/mol. The number of hydrogen-bond acceptors (Lipinski definition) is 28. The van der Waals surface area contributed by atoms with Gasteiger partial charge in [-0.2, -0.15) is 0 Å². The second kappa shape index (κ2) is 35.2. The van der Waals surface area contributed by atoms with E-state index in [2.05, 4.69) is 0 Å². The summed E-state index contributed by atoms with van der Waals surface area (Å²) in [5, 5.41) is 0. The van der Waals surface area contributed by atoms with Crippen LogP contribution in [0.5, 0.6) is 69.0 Å². The molecule has 0 fully saturated rings. The van der Waals surface area contributed by atoms with Crippen molar-refractivity contribution in [3.8, 4) is 80.1 Å². The fraction of sp³-hybridized carbons (Fsp3) is 0. The Morgan fingerprint density at radius 3 is 0.310 bits per heavy atom. The van der Waals surface area contributed by atoms with E-state index in [9.17, 15) is 47.9 Å². The van der Waals surface area contributed by atoms with Gasteiger partial charge in [0.15, 0.2) is 0 Å². The molecule has 2 aliphatic rings. The smallest absolute Gasteiger partial charge is 0.413 e. The largest absolute Gasteiger partial charge is 0.460 e. The Morgan fingerprint density at radius 2 is 0.224 bits per heavy atom. The Hall–Kier alpha value is -13.7. The van der Waals surface area contributed by atoms with E-state index in [4.69, 9.17) is 81.4 Å². The van der Waals surface area contributed by atoms with Crippen LogP contribution in [0.4, 0.5) is 0 Å². The second-order valence-corrected chi connectivity index (χ2v) is 36.9. The summed E-state index contributed by atoms with van der Waals surface area (Å²) in [6, 6.07) is 72.3. The fourth-order valence-corrected chi connectivity index (χ4v) is 28.8. The highest BCUT2D eigenvalue weighted by atomic mass is 31.3. The van der Waals surface area contributed by atoms with Crippen molar-refractivity contribution in [1.82, 2.24) is 0 Å². The van der Waals surface area contributed by atoms with Gasteiger partial charge in [0.1, 0.15) is 132 Å². The van der Waals surface area contributed by atoms with E-state index in [1.165, 1.54) is 243 Å². The molecule has 0 amide bonds. The van der Waals surface area contributed by atoms with Crippen molar-refractivity contribution in [2.75, 3.05) is 0 Å². The minimum atomic E-state index is -4.68. The highest BCUT2D eigenvalue weighted by molar-refractivity contribution is 7.79. The lowest BCUT2D eigenvalue weighted by molar-refractivity contribution is 0.111. The van der Waals surface area contributed by atoms with Crippen molar-refractivity contribution in [1.29, 1.82) is 0 Å². The summed E-state index contributed by atoms with van der Waals surface area (Å²) in [7, 11) is -27.8. The SMILES string of the molecule is O=Cc1ccc(OP2(Oc3ccc(C=O)cc3)=NP(Oc3ccc(C=O)cc3)(Oc3ccc(C=O)cc3)=NP(Oc3ccc(C=O)cc3)(Oc3ccc(-c4ccc(OP5(Oc6ccc(C=O)cc6)=NP(Oc6ccc(C=O)cc6)(Oc6ccc(C=O)cc6)=NP(Oc6ccc(C=O)cc6)(Oc6ccc(C=O)cc6)=N5)cc4)cc3)=N2)cc1. The van der Waals surface area contributed by atoms with Crippen LogP contribution in [-0.2, 0) is 0 Å². The van der Waals surface area contributed by atoms with Gasteiger partial charge in [-0.05, 0) is 278 Å². The van der Waals surface area contributed by atoms with E-state index in [-0.39, 0.29) is 125 Å². The van der Waals surface area contributed by atoms with E-state index in [0.717, 1.165) is 0 Å². The molecule has 0 aromatic heterocycles. The maximum atomic E-state index is 12.2. The molecule has 116 heavy (non-hydrogen) atoms. The Morgan fingerprint density at radius 1 is 0.138 bits per heavy atom. The zero-order chi connectivity index (χ0) is 80.6. The lowest BCUT2D eigenvalue weighted by atomic mass is 10.1. The van der Waals surface area contributed by atoms with E-state index < -0.39 is 46.0 Å². The first kappa shape index (κ1) is 79.0. The van der Waals surface area contributed by atoms with Crippen molar-refractivity contribution in [2.45, 2.75) is 0 Å². The van der Waals surface area contributed by atoms with Gasteiger partial charge in [-0.3, -0.25) is 47.9 Å². The number of carbonyl (C=O) groups is 10. The molecule has 14 rings (SSSR count). The van der Waals surface area contributed by atoms with Gasteiger partial charge in [-0.25, -0.2) is 0 Å². The Kier molecular flexibility index (Phi) is 23.9. The molecule has 0 spiro atoms. The van der Waals surface area contributed by atoms with E-state index in [1.807, 2.05) is 0 Å². The van der Waals surface area contributed by atoms with Crippen molar-refractivity contribution in [3.63, 3.8) is 0 Å². The van der Waals surface area contributed by atoms with Crippen molar-refractivity contribution in [3.05, 3.63) is 347 Å². The normalized spacial score (nSPS) is 16.2. The molecule has 2 aliphatic heterocycles. The Bertz CT molecular complexity index is 5260. The average Bonchev–Trinajstić information content (AvgIpc) is 0.733. The number of carbonyl (C=O) groups excluding carboxylic acids is 10. The molecule has 0 bridgehead atoms. The van der Waals surface area contributed by atoms with Gasteiger partial charge >= 0.3 is 46.0 Å². The quantitative estimate of drug-likeness (QED) is 0.0263. The molecule has 34 heteroatoms. The molecule has 12 aromatic rings. The highest BCUT2D eigenvalue weighted by Gasteiger charge is 2.51. The van der Waals surface area contributed by atoms with Crippen LogP contribution < -0.4 is 54.3 Å². The topological polar surface area (TPSA) is 356 Å². The molecule has 578 valence electrons. The predicted molar refractivity (Wildman–Crippen MR) is 434 cm³/mol. The second-order valence-electron chi connectivity index (χ2n) is 24.5. The molecule has 0 radical (unpaired) electrons. The third-order valence-electron chi connectivity index (χ3n) is 16.3. The first-order valence-corrected chi connectivity index (χ1v) is 43.6. The van der Waals surface area contributed by atoms with E-state index in [0.29, 0.717) is 74.0 Å². The summed E-state index contributed by atoms with van der Waals surface area (Å²) in [6.45, 7) is 0. The number of hydrogen-bond donors (Lipinski definition) is 0.